The van der Waals surface area contributed by atoms with Crippen molar-refractivity contribution in [3.8, 4) is 0 Å². The molecule has 0 spiro atoms. The minimum atomic E-state index is -0.133. The maximum absolute atomic E-state index is 11.4. The van der Waals surface area contributed by atoms with E-state index in [1.54, 1.807) is 7.05 Å². The Morgan fingerprint density at radius 3 is 2.50 bits per heavy atom. The Labute approximate surface area is 70.9 Å². The minimum Gasteiger partial charge on any atom is -0.273 e. The van der Waals surface area contributed by atoms with Gasteiger partial charge in [0, 0.05) is 7.05 Å². The van der Waals surface area contributed by atoms with Gasteiger partial charge in [-0.2, -0.15) is 0 Å². The summed E-state index contributed by atoms with van der Waals surface area (Å²) in [4.78, 5) is 22.7. The Morgan fingerprint density at radius 2 is 1.92 bits per heavy atom. The smallest absolute Gasteiger partial charge is 0.245 e. The van der Waals surface area contributed by atoms with Crippen molar-refractivity contribution in [3.63, 3.8) is 0 Å². The summed E-state index contributed by atoms with van der Waals surface area (Å²) in [6, 6.07) is 0. The molecule has 0 aromatic rings. The number of fused-ring (bicyclic) bond motifs is 1. The molecule has 1 aliphatic carbocycles. The fraction of sp³-hybridized carbons (Fsp3) is 0.750. The molecule has 0 bridgehead atoms. The Hall–Kier alpha value is -1.06. The molecule has 0 aromatic carbocycles. The second kappa shape index (κ2) is 1.81. The van der Waals surface area contributed by atoms with Crippen LogP contribution >= 0.6 is 0 Å². The van der Waals surface area contributed by atoms with Gasteiger partial charge in [0.25, 0.3) is 0 Å². The molecule has 4 nitrogen and oxygen atoms in total. The number of hydrazine groups is 1. The largest absolute Gasteiger partial charge is 0.273 e. The van der Waals surface area contributed by atoms with Gasteiger partial charge < -0.3 is 0 Å². The van der Waals surface area contributed by atoms with Crippen molar-refractivity contribution in [2.45, 2.75) is 13.8 Å². The molecule has 2 amide bonds. The van der Waals surface area contributed by atoms with Crippen LogP contribution in [0.1, 0.15) is 13.8 Å². The number of nitrogens with zero attached hydrogens (tertiary/aromatic N) is 1. The molecule has 1 saturated heterocycles. The molecule has 2 rings (SSSR count). The number of hydrogen-bond donors (Lipinski definition) is 1. The summed E-state index contributed by atoms with van der Waals surface area (Å²) in [5.41, 5.74) is 2.39. The van der Waals surface area contributed by atoms with Crippen molar-refractivity contribution in [3.05, 3.63) is 0 Å². The molecule has 2 aliphatic rings. The first-order valence-corrected chi connectivity index (χ1v) is 4.04. The predicted octanol–water partition coefficient (Wildman–Crippen LogP) is -0.238. The third-order valence-electron chi connectivity index (χ3n) is 2.98. The van der Waals surface area contributed by atoms with Crippen LogP contribution in [-0.2, 0) is 9.59 Å². The molecule has 1 saturated carbocycles. The highest BCUT2D eigenvalue weighted by molar-refractivity contribution is 5.98. The molecule has 0 radical (unpaired) electrons. The number of rotatable bonds is 0. The van der Waals surface area contributed by atoms with Crippen molar-refractivity contribution in [2.75, 3.05) is 7.05 Å². The van der Waals surface area contributed by atoms with Crippen LogP contribution in [0.3, 0.4) is 0 Å². The quantitative estimate of drug-likeness (QED) is 0.542. The third-order valence-corrected chi connectivity index (χ3v) is 2.98. The SMILES string of the molecule is CN1NC(=O)C2C(C1=O)C2(C)C. The fourth-order valence-electron chi connectivity index (χ4n) is 2.09. The zero-order chi connectivity index (χ0) is 9.09. The van der Waals surface area contributed by atoms with Gasteiger partial charge in [-0.25, -0.2) is 0 Å². The zero-order valence-electron chi connectivity index (χ0n) is 7.42. The summed E-state index contributed by atoms with van der Waals surface area (Å²) in [6.07, 6.45) is 0. The van der Waals surface area contributed by atoms with E-state index in [-0.39, 0.29) is 29.1 Å². The van der Waals surface area contributed by atoms with Crippen LogP contribution < -0.4 is 5.43 Å². The standard InChI is InChI=1S/C8H12N2O2/c1-8(2)4-5(8)7(12)10(3)9-6(4)11/h4-5H,1-3H3,(H,9,11). The molecule has 0 aromatic heterocycles. The number of carbonyl (C=O) groups excluding carboxylic acids is 2. The van der Waals surface area contributed by atoms with Gasteiger partial charge in [0.15, 0.2) is 0 Å². The van der Waals surface area contributed by atoms with E-state index in [0.717, 1.165) is 0 Å². The normalized spacial score (nSPS) is 37.4. The van der Waals surface area contributed by atoms with Crippen molar-refractivity contribution in [2.24, 2.45) is 17.3 Å². The highest BCUT2D eigenvalue weighted by Gasteiger charge is 2.68. The van der Waals surface area contributed by atoms with E-state index in [2.05, 4.69) is 5.43 Å². The van der Waals surface area contributed by atoms with Crippen LogP contribution in [0.4, 0.5) is 0 Å². The van der Waals surface area contributed by atoms with Crippen molar-refractivity contribution >= 4 is 11.8 Å². The summed E-state index contributed by atoms with van der Waals surface area (Å²) in [7, 11) is 1.59. The van der Waals surface area contributed by atoms with E-state index in [4.69, 9.17) is 0 Å². The van der Waals surface area contributed by atoms with Gasteiger partial charge in [-0.3, -0.25) is 20.0 Å². The number of nitrogens with one attached hydrogen (secondary N) is 1. The summed E-state index contributed by atoms with van der Waals surface area (Å²) < 4.78 is 0. The van der Waals surface area contributed by atoms with Gasteiger partial charge in [-0.1, -0.05) is 13.8 Å². The lowest BCUT2D eigenvalue weighted by atomic mass is 10.1. The van der Waals surface area contributed by atoms with E-state index >= 15 is 0 Å². The van der Waals surface area contributed by atoms with Crippen LogP contribution in [-0.4, -0.2) is 23.9 Å². The fourth-order valence-corrected chi connectivity index (χ4v) is 2.09. The zero-order valence-corrected chi connectivity index (χ0v) is 7.42. The molecular weight excluding hydrogens is 156 g/mol. The highest BCUT2D eigenvalue weighted by atomic mass is 16.2. The van der Waals surface area contributed by atoms with Crippen LogP contribution in [0, 0.1) is 17.3 Å². The molecule has 2 atom stereocenters. The second-order valence-electron chi connectivity index (χ2n) is 4.15. The van der Waals surface area contributed by atoms with Gasteiger partial charge in [0.2, 0.25) is 11.8 Å². The topological polar surface area (TPSA) is 49.4 Å². The van der Waals surface area contributed by atoms with E-state index in [0.29, 0.717) is 0 Å². The lowest BCUT2D eigenvalue weighted by Crippen LogP contribution is -2.49. The van der Waals surface area contributed by atoms with Crippen molar-refractivity contribution in [1.29, 1.82) is 0 Å². The highest BCUT2D eigenvalue weighted by Crippen LogP contribution is 2.60. The summed E-state index contributed by atoms with van der Waals surface area (Å²) in [5.74, 6) is -0.172. The number of hydrogen-bond acceptors (Lipinski definition) is 2. The Kier molecular flexibility index (Phi) is 1.14. The predicted molar refractivity (Wildman–Crippen MR) is 41.7 cm³/mol. The number of carbonyl (C=O) groups is 2. The van der Waals surface area contributed by atoms with Crippen LogP contribution in [0.25, 0.3) is 0 Å². The van der Waals surface area contributed by atoms with E-state index in [9.17, 15) is 9.59 Å². The van der Waals surface area contributed by atoms with E-state index in [1.165, 1.54) is 5.01 Å². The summed E-state index contributed by atoms with van der Waals surface area (Å²) in [5, 5.41) is 1.29. The minimum absolute atomic E-state index is 0.0212. The van der Waals surface area contributed by atoms with Crippen LogP contribution in [0.5, 0.6) is 0 Å². The molecule has 4 heteroatoms. The van der Waals surface area contributed by atoms with Crippen LogP contribution in [0.15, 0.2) is 0 Å². The lowest BCUT2D eigenvalue weighted by molar-refractivity contribution is -0.146. The van der Waals surface area contributed by atoms with Gasteiger partial charge in [-0.05, 0) is 5.41 Å². The third kappa shape index (κ3) is 0.673. The van der Waals surface area contributed by atoms with Gasteiger partial charge in [-0.15, -0.1) is 0 Å². The Morgan fingerprint density at radius 1 is 1.33 bits per heavy atom. The van der Waals surface area contributed by atoms with Gasteiger partial charge in [0.1, 0.15) is 0 Å². The molecule has 1 heterocycles. The van der Waals surface area contributed by atoms with E-state index in [1.807, 2.05) is 13.8 Å². The first-order valence-electron chi connectivity index (χ1n) is 4.04. The van der Waals surface area contributed by atoms with Gasteiger partial charge in [0.05, 0.1) is 11.8 Å². The molecular formula is C8H12N2O2. The molecule has 2 unspecified atom stereocenters. The first-order chi connectivity index (χ1) is 5.46. The molecule has 1 aliphatic heterocycles. The van der Waals surface area contributed by atoms with E-state index < -0.39 is 0 Å². The molecule has 2 fully saturated rings. The van der Waals surface area contributed by atoms with Crippen molar-refractivity contribution in [1.82, 2.24) is 10.4 Å². The average Bonchev–Trinajstić information content (AvgIpc) is 2.50. The maximum Gasteiger partial charge on any atom is 0.245 e. The lowest BCUT2D eigenvalue weighted by Gasteiger charge is -2.21. The monoisotopic (exact) mass is 168 g/mol. The van der Waals surface area contributed by atoms with Crippen LogP contribution in [0.2, 0.25) is 0 Å². The van der Waals surface area contributed by atoms with Crippen molar-refractivity contribution < 1.29 is 9.59 Å². The summed E-state index contributed by atoms with van der Waals surface area (Å²) in [6.45, 7) is 3.91. The maximum atomic E-state index is 11.4. The van der Waals surface area contributed by atoms with Gasteiger partial charge >= 0.3 is 0 Å². The Balaban J connectivity index is 2.30. The second-order valence-corrected chi connectivity index (χ2v) is 4.15. The molecule has 66 valence electrons. The summed E-state index contributed by atoms with van der Waals surface area (Å²) >= 11 is 0. The average molecular weight is 168 g/mol. The first kappa shape index (κ1) is 7.58. The Bertz CT molecular complexity index is 272. The number of amides is 2. The molecule has 12 heavy (non-hydrogen) atoms. The molecule has 1 N–H and O–H groups in total.